The molecule has 1 aromatic carbocycles. The van der Waals surface area contributed by atoms with E-state index in [0.29, 0.717) is 5.75 Å². The first-order chi connectivity index (χ1) is 13.0. The van der Waals surface area contributed by atoms with Crippen LogP contribution >= 0.6 is 34.9 Å². The van der Waals surface area contributed by atoms with E-state index in [0.717, 1.165) is 25.7 Å². The fraction of sp³-hybridized carbons (Fsp3) is 0.526. The smallest absolute Gasteiger partial charge is 0.230 e. The molecule has 1 atom stereocenters. The molecule has 0 saturated heterocycles. The van der Waals surface area contributed by atoms with Crippen LogP contribution in [-0.2, 0) is 4.79 Å². The zero-order valence-corrected chi connectivity index (χ0v) is 18.7. The molecule has 0 spiro atoms. The molecule has 27 heavy (non-hydrogen) atoms. The Hall–Kier alpha value is -1.25. The van der Waals surface area contributed by atoms with Crippen molar-refractivity contribution in [2.45, 2.75) is 48.3 Å². The highest BCUT2D eigenvalue weighted by Crippen LogP contribution is 2.29. The van der Waals surface area contributed by atoms with Gasteiger partial charge in [-0.25, -0.2) is 0 Å². The van der Waals surface area contributed by atoms with Gasteiger partial charge >= 0.3 is 0 Å². The number of unbranched alkanes of at least 4 members (excludes halogenated alkanes) is 1. The third-order valence-corrected chi connectivity index (χ3v) is 7.17. The number of hydrogen-bond donors (Lipinski definition) is 1. The molecule has 2 rings (SSSR count). The average Bonchev–Trinajstić information content (AvgIpc) is 3.12. The van der Waals surface area contributed by atoms with Crippen LogP contribution < -0.4 is 10.1 Å². The summed E-state index contributed by atoms with van der Waals surface area (Å²) < 4.78 is 7.03. The number of benzene rings is 1. The predicted molar refractivity (Wildman–Crippen MR) is 115 cm³/mol. The van der Waals surface area contributed by atoms with Crippen molar-refractivity contribution in [2.24, 2.45) is 5.92 Å². The quantitative estimate of drug-likeness (QED) is 0.402. The molecule has 8 heteroatoms. The van der Waals surface area contributed by atoms with E-state index in [2.05, 4.69) is 36.3 Å². The maximum atomic E-state index is 12.4. The van der Waals surface area contributed by atoms with Gasteiger partial charge in [0.25, 0.3) is 0 Å². The number of methoxy groups -OCH3 is 1. The van der Waals surface area contributed by atoms with Crippen LogP contribution in [-0.4, -0.2) is 34.7 Å². The minimum atomic E-state index is -0.0291. The molecule has 0 bridgehead atoms. The minimum absolute atomic E-state index is 0.00454. The normalized spacial score (nSPS) is 12.2. The molecule has 1 N–H and O–H groups in total. The van der Waals surface area contributed by atoms with Crippen molar-refractivity contribution in [1.82, 2.24) is 15.5 Å². The number of thioether (sulfide) groups is 2. The number of hydrogen-bond acceptors (Lipinski definition) is 7. The highest BCUT2D eigenvalue weighted by molar-refractivity contribution is 8.03. The molecule has 1 aromatic heterocycles. The van der Waals surface area contributed by atoms with Crippen LogP contribution in [0.25, 0.3) is 0 Å². The summed E-state index contributed by atoms with van der Waals surface area (Å²) in [4.78, 5) is 12.4. The van der Waals surface area contributed by atoms with Crippen molar-refractivity contribution >= 4 is 40.8 Å². The average molecular weight is 426 g/mol. The Kier molecular flexibility index (Phi) is 9.44. The van der Waals surface area contributed by atoms with Gasteiger partial charge in [-0.3, -0.25) is 4.79 Å². The lowest BCUT2D eigenvalue weighted by Gasteiger charge is -2.23. The topological polar surface area (TPSA) is 64.1 Å². The molecule has 0 fully saturated rings. The van der Waals surface area contributed by atoms with Gasteiger partial charge in [0.2, 0.25) is 5.91 Å². The summed E-state index contributed by atoms with van der Waals surface area (Å²) in [5.41, 5.74) is 1.08. The summed E-state index contributed by atoms with van der Waals surface area (Å²) in [6.45, 7) is 6.39. The van der Waals surface area contributed by atoms with Crippen LogP contribution in [0, 0.1) is 5.92 Å². The number of amides is 1. The van der Waals surface area contributed by atoms with Crippen LogP contribution in [0.15, 0.2) is 32.9 Å². The van der Waals surface area contributed by atoms with Crippen LogP contribution in [0.2, 0.25) is 0 Å². The Balaban J connectivity index is 1.86. The minimum Gasteiger partial charge on any atom is -0.497 e. The molecule has 1 amide bonds. The fourth-order valence-electron chi connectivity index (χ4n) is 2.41. The maximum Gasteiger partial charge on any atom is 0.230 e. The molecular weight excluding hydrogens is 398 g/mol. The lowest BCUT2D eigenvalue weighted by Crippen LogP contribution is -2.32. The molecule has 0 aliphatic carbocycles. The molecule has 2 aromatic rings. The molecule has 1 unspecified atom stereocenters. The lowest BCUT2D eigenvalue weighted by molar-refractivity contribution is -0.119. The summed E-state index contributed by atoms with van der Waals surface area (Å²) in [6.07, 6.45) is 2.36. The maximum absolute atomic E-state index is 12.4. The Morgan fingerprint density at radius 1 is 1.19 bits per heavy atom. The van der Waals surface area contributed by atoms with Gasteiger partial charge in [-0.2, -0.15) is 0 Å². The first-order valence-electron chi connectivity index (χ1n) is 9.05. The summed E-state index contributed by atoms with van der Waals surface area (Å²) >= 11 is 4.74. The number of nitrogens with zero attached hydrogens (tertiary/aromatic N) is 2. The van der Waals surface area contributed by atoms with Crippen molar-refractivity contribution in [3.05, 3.63) is 29.8 Å². The van der Waals surface area contributed by atoms with Crippen LogP contribution in [0.5, 0.6) is 5.75 Å². The first-order valence-corrected chi connectivity index (χ1v) is 11.8. The van der Waals surface area contributed by atoms with E-state index in [4.69, 9.17) is 4.74 Å². The third-order valence-electron chi connectivity index (χ3n) is 3.90. The Labute approximate surface area is 174 Å². The summed E-state index contributed by atoms with van der Waals surface area (Å²) in [6, 6.07) is 7.82. The van der Waals surface area contributed by atoms with Gasteiger partial charge in [-0.15, -0.1) is 10.2 Å². The third kappa shape index (κ3) is 7.35. The number of aromatic nitrogens is 2. The van der Waals surface area contributed by atoms with Gasteiger partial charge < -0.3 is 10.1 Å². The number of carbonyl (C=O) groups excluding carboxylic acids is 1. The second-order valence-corrected chi connectivity index (χ2v) is 9.93. The van der Waals surface area contributed by atoms with Crippen molar-refractivity contribution in [3.63, 3.8) is 0 Å². The first kappa shape index (κ1) is 22.0. The van der Waals surface area contributed by atoms with Gasteiger partial charge in [-0.05, 0) is 30.0 Å². The molecule has 5 nitrogen and oxygen atoms in total. The van der Waals surface area contributed by atoms with Gasteiger partial charge in [-0.1, -0.05) is 74.2 Å². The van der Waals surface area contributed by atoms with E-state index in [1.54, 1.807) is 30.2 Å². The van der Waals surface area contributed by atoms with E-state index in [1.807, 2.05) is 24.3 Å². The standard InChI is InChI=1S/C19H27N3O2S3/c1-5-6-11-25-18-21-22-19(27-18)26-12-16(23)20-17(13(2)3)14-7-9-15(24-4)10-8-14/h7-10,13,17H,5-6,11-12H2,1-4H3,(H,20,23). The Morgan fingerprint density at radius 3 is 2.44 bits per heavy atom. The predicted octanol–water partition coefficient (Wildman–Crippen LogP) is 5.04. The zero-order chi connectivity index (χ0) is 19.6. The summed E-state index contributed by atoms with van der Waals surface area (Å²) in [7, 11) is 1.65. The van der Waals surface area contributed by atoms with E-state index in [-0.39, 0.29) is 17.9 Å². The molecule has 148 valence electrons. The van der Waals surface area contributed by atoms with Gasteiger partial charge in [0.1, 0.15) is 5.75 Å². The summed E-state index contributed by atoms with van der Waals surface area (Å²) in [5.74, 6) is 2.51. The number of carbonyl (C=O) groups is 1. The van der Waals surface area contributed by atoms with Gasteiger partial charge in [0.15, 0.2) is 8.68 Å². The van der Waals surface area contributed by atoms with Gasteiger partial charge in [0, 0.05) is 5.75 Å². The van der Waals surface area contributed by atoms with Gasteiger partial charge in [0.05, 0.1) is 18.9 Å². The number of ether oxygens (including phenoxy) is 1. The fourth-order valence-corrected chi connectivity index (χ4v) is 5.39. The molecule has 0 aliphatic rings. The van der Waals surface area contributed by atoms with Crippen LogP contribution in [0.3, 0.4) is 0 Å². The largest absolute Gasteiger partial charge is 0.497 e. The van der Waals surface area contributed by atoms with Crippen molar-refractivity contribution in [2.75, 3.05) is 18.6 Å². The SMILES string of the molecule is CCCCSc1nnc(SCC(=O)NC(c2ccc(OC)cc2)C(C)C)s1. The van der Waals surface area contributed by atoms with Crippen LogP contribution in [0.4, 0.5) is 0 Å². The lowest BCUT2D eigenvalue weighted by atomic mass is 9.96. The van der Waals surface area contributed by atoms with E-state index < -0.39 is 0 Å². The second kappa shape index (κ2) is 11.6. The van der Waals surface area contributed by atoms with Crippen LogP contribution in [0.1, 0.15) is 45.2 Å². The number of nitrogens with one attached hydrogen (secondary N) is 1. The molecule has 0 radical (unpaired) electrons. The van der Waals surface area contributed by atoms with Crippen molar-refractivity contribution in [1.29, 1.82) is 0 Å². The highest BCUT2D eigenvalue weighted by Gasteiger charge is 2.19. The summed E-state index contributed by atoms with van der Waals surface area (Å²) in [5, 5.41) is 11.5. The van der Waals surface area contributed by atoms with Crippen molar-refractivity contribution in [3.8, 4) is 5.75 Å². The van der Waals surface area contributed by atoms with E-state index >= 15 is 0 Å². The Bertz CT molecular complexity index is 704. The number of rotatable bonds is 11. The highest BCUT2D eigenvalue weighted by atomic mass is 32.2. The van der Waals surface area contributed by atoms with E-state index in [9.17, 15) is 4.79 Å². The Morgan fingerprint density at radius 2 is 1.85 bits per heavy atom. The zero-order valence-electron chi connectivity index (χ0n) is 16.2. The van der Waals surface area contributed by atoms with Crippen molar-refractivity contribution < 1.29 is 9.53 Å². The molecule has 1 heterocycles. The molecule has 0 aliphatic heterocycles. The van der Waals surface area contributed by atoms with E-state index in [1.165, 1.54) is 24.6 Å². The monoisotopic (exact) mass is 425 g/mol. The second-order valence-electron chi connectivity index (χ2n) is 6.39. The molecule has 0 saturated carbocycles. The molecular formula is C19H27N3O2S3.